The molecule has 0 fully saturated rings. The number of hydrogen-bond acceptors (Lipinski definition) is 3. The minimum atomic E-state index is -0.253. The van der Waals surface area contributed by atoms with E-state index in [1.54, 1.807) is 7.11 Å². The van der Waals surface area contributed by atoms with Crippen molar-refractivity contribution in [3.63, 3.8) is 0 Å². The van der Waals surface area contributed by atoms with Crippen LogP contribution in [0.15, 0.2) is 24.3 Å². The highest BCUT2D eigenvalue weighted by Gasteiger charge is 2.30. The molecule has 0 aliphatic rings. The summed E-state index contributed by atoms with van der Waals surface area (Å²) in [4.78, 5) is 0. The number of rotatable bonds is 7. The Hall–Kier alpha value is -1.06. The van der Waals surface area contributed by atoms with E-state index in [2.05, 4.69) is 38.2 Å². The first kappa shape index (κ1) is 15.0. The molecule has 3 heteroatoms. The van der Waals surface area contributed by atoms with Crippen LogP contribution in [0.3, 0.4) is 0 Å². The molecule has 0 saturated heterocycles. The van der Waals surface area contributed by atoms with Crippen molar-refractivity contribution in [2.24, 2.45) is 0 Å². The van der Waals surface area contributed by atoms with E-state index in [4.69, 9.17) is 9.47 Å². The molecule has 0 aliphatic carbocycles. The molecule has 18 heavy (non-hydrogen) atoms. The van der Waals surface area contributed by atoms with E-state index in [0.717, 1.165) is 12.3 Å². The molecule has 0 bridgehead atoms. The lowest BCUT2D eigenvalue weighted by molar-refractivity contribution is -0.0388. The third-order valence-electron chi connectivity index (χ3n) is 3.05. The Kier molecular flexibility index (Phi) is 5.63. The summed E-state index contributed by atoms with van der Waals surface area (Å²) in [5.41, 5.74) is 0.937. The fourth-order valence-electron chi connectivity index (χ4n) is 2.25. The van der Waals surface area contributed by atoms with Crippen molar-refractivity contribution in [1.82, 2.24) is 5.32 Å². The van der Waals surface area contributed by atoms with Crippen molar-refractivity contribution in [3.8, 4) is 5.75 Å². The summed E-state index contributed by atoms with van der Waals surface area (Å²) in [7, 11) is 1.69. The second-order valence-electron chi connectivity index (χ2n) is 4.80. The van der Waals surface area contributed by atoms with Gasteiger partial charge in [0.1, 0.15) is 5.75 Å². The number of methoxy groups -OCH3 is 1. The minimum absolute atomic E-state index is 0.151. The van der Waals surface area contributed by atoms with Gasteiger partial charge >= 0.3 is 0 Å². The van der Waals surface area contributed by atoms with Crippen LogP contribution >= 0.6 is 0 Å². The van der Waals surface area contributed by atoms with Crippen molar-refractivity contribution in [1.29, 1.82) is 0 Å². The molecule has 1 atom stereocenters. The molecule has 0 radical (unpaired) electrons. The molecular weight excluding hydrogens is 226 g/mol. The van der Waals surface area contributed by atoms with Crippen LogP contribution < -0.4 is 10.1 Å². The summed E-state index contributed by atoms with van der Waals surface area (Å²) >= 11 is 0. The fourth-order valence-corrected chi connectivity index (χ4v) is 2.25. The van der Waals surface area contributed by atoms with Crippen LogP contribution in [0.4, 0.5) is 0 Å². The molecule has 0 heterocycles. The fraction of sp³-hybridized carbons (Fsp3) is 0.600. The van der Waals surface area contributed by atoms with Crippen LogP contribution in [-0.2, 0) is 4.74 Å². The first-order valence-electron chi connectivity index (χ1n) is 6.56. The van der Waals surface area contributed by atoms with Gasteiger partial charge in [0.2, 0.25) is 0 Å². The number of likely N-dealkylation sites (N-methyl/N-ethyl adjacent to an activating group) is 1. The van der Waals surface area contributed by atoms with E-state index in [1.807, 2.05) is 19.1 Å². The zero-order valence-corrected chi connectivity index (χ0v) is 12.1. The summed E-state index contributed by atoms with van der Waals surface area (Å²) in [5.74, 6) is 0.878. The van der Waals surface area contributed by atoms with Crippen LogP contribution in [0, 0.1) is 0 Å². The maximum atomic E-state index is 5.87. The SMILES string of the molecule is CCNC(c1cccc(OC)c1)C(C)(C)OCC. The van der Waals surface area contributed by atoms with Gasteiger partial charge in [-0.1, -0.05) is 19.1 Å². The van der Waals surface area contributed by atoms with Crippen LogP contribution in [-0.4, -0.2) is 25.9 Å². The quantitative estimate of drug-likeness (QED) is 0.807. The van der Waals surface area contributed by atoms with Gasteiger partial charge in [0.05, 0.1) is 18.8 Å². The number of ether oxygens (including phenoxy) is 2. The molecule has 0 amide bonds. The van der Waals surface area contributed by atoms with Gasteiger partial charge in [-0.15, -0.1) is 0 Å². The normalized spacial score (nSPS) is 13.4. The summed E-state index contributed by atoms with van der Waals surface area (Å²) in [6.07, 6.45) is 0. The average molecular weight is 251 g/mol. The number of benzene rings is 1. The molecule has 0 saturated carbocycles. The predicted molar refractivity (Wildman–Crippen MR) is 75.1 cm³/mol. The van der Waals surface area contributed by atoms with E-state index in [9.17, 15) is 0 Å². The third-order valence-corrected chi connectivity index (χ3v) is 3.05. The summed E-state index contributed by atoms with van der Waals surface area (Å²) in [6, 6.07) is 8.29. The molecule has 0 spiro atoms. The smallest absolute Gasteiger partial charge is 0.119 e. The summed E-state index contributed by atoms with van der Waals surface area (Å²) < 4.78 is 11.2. The van der Waals surface area contributed by atoms with Gasteiger partial charge < -0.3 is 14.8 Å². The monoisotopic (exact) mass is 251 g/mol. The van der Waals surface area contributed by atoms with Gasteiger partial charge in [-0.25, -0.2) is 0 Å². The molecule has 102 valence electrons. The molecule has 1 unspecified atom stereocenters. The van der Waals surface area contributed by atoms with E-state index in [1.165, 1.54) is 5.56 Å². The Morgan fingerprint density at radius 1 is 1.28 bits per heavy atom. The molecule has 1 rings (SSSR count). The topological polar surface area (TPSA) is 30.5 Å². The lowest BCUT2D eigenvalue weighted by Crippen LogP contribution is -2.41. The van der Waals surface area contributed by atoms with E-state index in [-0.39, 0.29) is 11.6 Å². The highest BCUT2D eigenvalue weighted by atomic mass is 16.5. The highest BCUT2D eigenvalue weighted by Crippen LogP contribution is 2.30. The lowest BCUT2D eigenvalue weighted by Gasteiger charge is -2.35. The largest absolute Gasteiger partial charge is 0.497 e. The molecule has 0 aliphatic heterocycles. The third kappa shape index (κ3) is 3.72. The summed E-state index contributed by atoms with van der Waals surface area (Å²) in [6.45, 7) is 9.97. The maximum Gasteiger partial charge on any atom is 0.119 e. The van der Waals surface area contributed by atoms with E-state index < -0.39 is 0 Å². The maximum absolute atomic E-state index is 5.87. The minimum Gasteiger partial charge on any atom is -0.497 e. The lowest BCUT2D eigenvalue weighted by atomic mass is 9.91. The van der Waals surface area contributed by atoms with Gasteiger partial charge in [0, 0.05) is 6.61 Å². The standard InChI is InChI=1S/C15H25NO2/c1-6-16-14(15(3,4)18-7-2)12-9-8-10-13(11-12)17-5/h8-11,14,16H,6-7H2,1-5H3. The zero-order valence-electron chi connectivity index (χ0n) is 12.1. The second kappa shape index (κ2) is 6.76. The first-order valence-corrected chi connectivity index (χ1v) is 6.56. The van der Waals surface area contributed by atoms with E-state index >= 15 is 0 Å². The van der Waals surface area contributed by atoms with Crippen LogP contribution in [0.25, 0.3) is 0 Å². The molecule has 0 aromatic heterocycles. The van der Waals surface area contributed by atoms with E-state index in [0.29, 0.717) is 6.61 Å². The Morgan fingerprint density at radius 2 is 2.00 bits per heavy atom. The van der Waals surface area contributed by atoms with Gasteiger partial charge in [-0.3, -0.25) is 0 Å². The highest BCUT2D eigenvalue weighted by molar-refractivity contribution is 5.31. The average Bonchev–Trinajstić information content (AvgIpc) is 2.35. The van der Waals surface area contributed by atoms with Gasteiger partial charge in [-0.2, -0.15) is 0 Å². The van der Waals surface area contributed by atoms with Crippen molar-refractivity contribution < 1.29 is 9.47 Å². The first-order chi connectivity index (χ1) is 8.55. The molecule has 3 nitrogen and oxygen atoms in total. The zero-order chi connectivity index (χ0) is 13.6. The second-order valence-corrected chi connectivity index (χ2v) is 4.80. The molecular formula is C15H25NO2. The van der Waals surface area contributed by atoms with Crippen LogP contribution in [0.2, 0.25) is 0 Å². The van der Waals surface area contributed by atoms with Crippen molar-refractivity contribution in [3.05, 3.63) is 29.8 Å². The Bertz CT molecular complexity index is 363. The molecule has 1 N–H and O–H groups in total. The van der Waals surface area contributed by atoms with Crippen LogP contribution in [0.1, 0.15) is 39.3 Å². The van der Waals surface area contributed by atoms with Crippen LogP contribution in [0.5, 0.6) is 5.75 Å². The number of nitrogens with one attached hydrogen (secondary N) is 1. The molecule has 1 aromatic carbocycles. The van der Waals surface area contributed by atoms with Gasteiger partial charge in [-0.05, 0) is 45.0 Å². The predicted octanol–water partition coefficient (Wildman–Crippen LogP) is 3.16. The van der Waals surface area contributed by atoms with Gasteiger partial charge in [0.25, 0.3) is 0 Å². The Balaban J connectivity index is 3.02. The summed E-state index contributed by atoms with van der Waals surface area (Å²) in [5, 5.41) is 3.49. The van der Waals surface area contributed by atoms with Crippen molar-refractivity contribution >= 4 is 0 Å². The number of hydrogen-bond donors (Lipinski definition) is 1. The molecule has 1 aromatic rings. The van der Waals surface area contributed by atoms with Gasteiger partial charge in [0.15, 0.2) is 0 Å². The van der Waals surface area contributed by atoms with Crippen molar-refractivity contribution in [2.75, 3.05) is 20.3 Å². The Labute approximate surface area is 110 Å². The van der Waals surface area contributed by atoms with Crippen molar-refractivity contribution in [2.45, 2.75) is 39.3 Å². The Morgan fingerprint density at radius 3 is 2.56 bits per heavy atom.